The van der Waals surface area contributed by atoms with E-state index in [0.29, 0.717) is 16.6 Å². The number of fused-ring (bicyclic) bond motifs is 1. The summed E-state index contributed by atoms with van der Waals surface area (Å²) in [5, 5.41) is 3.16. The maximum Gasteiger partial charge on any atom is 0.285 e. The zero-order valence-corrected chi connectivity index (χ0v) is 13.5. The summed E-state index contributed by atoms with van der Waals surface area (Å²) in [6.07, 6.45) is 4.90. The molecule has 8 heteroatoms. The van der Waals surface area contributed by atoms with E-state index >= 15 is 0 Å². The van der Waals surface area contributed by atoms with Gasteiger partial charge in [-0.25, -0.2) is 19.9 Å². The van der Waals surface area contributed by atoms with Gasteiger partial charge in [-0.05, 0) is 19.1 Å². The van der Waals surface area contributed by atoms with E-state index in [0.717, 1.165) is 16.0 Å². The van der Waals surface area contributed by atoms with E-state index < -0.39 is 0 Å². The van der Waals surface area contributed by atoms with Crippen molar-refractivity contribution in [3.8, 4) is 5.82 Å². The molecule has 3 heterocycles. The first-order valence-corrected chi connectivity index (χ1v) is 8.01. The molecule has 3 aromatic heterocycles. The molecule has 0 aliphatic rings. The normalized spacial score (nSPS) is 10.9. The van der Waals surface area contributed by atoms with Crippen LogP contribution >= 0.6 is 11.3 Å². The minimum absolute atomic E-state index is 0.289. The Labute approximate surface area is 141 Å². The number of anilines is 1. The molecular weight excluding hydrogens is 324 g/mol. The van der Waals surface area contributed by atoms with Crippen molar-refractivity contribution in [2.24, 2.45) is 0 Å². The van der Waals surface area contributed by atoms with Crippen LogP contribution in [0.5, 0.6) is 0 Å². The second-order valence-corrected chi connectivity index (χ2v) is 6.08. The third-order valence-electron chi connectivity index (χ3n) is 3.45. The fourth-order valence-electron chi connectivity index (χ4n) is 2.31. The van der Waals surface area contributed by atoms with Crippen molar-refractivity contribution in [3.05, 3.63) is 59.9 Å². The number of nitrogens with one attached hydrogen (secondary N) is 1. The molecule has 118 valence electrons. The number of thiazole rings is 1. The summed E-state index contributed by atoms with van der Waals surface area (Å²) in [5.41, 5.74) is 0.810. The monoisotopic (exact) mass is 336 g/mol. The SMILES string of the molecule is Cc1nccn1-c1cc(NC(=O)c2nc3ccccc3s2)ncn1. The van der Waals surface area contributed by atoms with Crippen molar-refractivity contribution in [1.82, 2.24) is 24.5 Å². The highest BCUT2D eigenvalue weighted by Crippen LogP contribution is 2.22. The van der Waals surface area contributed by atoms with E-state index in [4.69, 9.17) is 0 Å². The zero-order chi connectivity index (χ0) is 16.5. The van der Waals surface area contributed by atoms with Crippen LogP contribution in [0.3, 0.4) is 0 Å². The second kappa shape index (κ2) is 5.82. The van der Waals surface area contributed by atoms with Crippen LogP contribution in [0.25, 0.3) is 16.0 Å². The van der Waals surface area contributed by atoms with Gasteiger partial charge in [0, 0.05) is 18.5 Å². The summed E-state index contributed by atoms with van der Waals surface area (Å²) in [6, 6.07) is 9.34. The van der Waals surface area contributed by atoms with Crippen molar-refractivity contribution in [3.63, 3.8) is 0 Å². The molecule has 0 fully saturated rings. The standard InChI is InChI=1S/C16H12N6OS/c1-10-17-6-7-22(10)14-8-13(18-9-19-14)21-15(23)16-20-11-4-2-3-5-12(11)24-16/h2-9H,1H3,(H,18,19,21,23). The fourth-order valence-corrected chi connectivity index (χ4v) is 3.17. The summed E-state index contributed by atoms with van der Waals surface area (Å²) < 4.78 is 2.79. The summed E-state index contributed by atoms with van der Waals surface area (Å²) in [7, 11) is 0. The molecule has 1 aromatic carbocycles. The number of para-hydroxylation sites is 1. The number of benzene rings is 1. The first-order chi connectivity index (χ1) is 11.7. The number of rotatable bonds is 3. The van der Waals surface area contributed by atoms with Gasteiger partial charge in [-0.15, -0.1) is 11.3 Å². The van der Waals surface area contributed by atoms with Crippen LogP contribution < -0.4 is 5.32 Å². The number of carbonyl (C=O) groups excluding carboxylic acids is 1. The zero-order valence-electron chi connectivity index (χ0n) is 12.7. The van der Waals surface area contributed by atoms with Crippen LogP contribution in [0.2, 0.25) is 0 Å². The number of hydrogen-bond acceptors (Lipinski definition) is 6. The van der Waals surface area contributed by atoms with Gasteiger partial charge < -0.3 is 5.32 Å². The molecule has 0 atom stereocenters. The molecule has 0 aliphatic heterocycles. The third kappa shape index (κ3) is 2.63. The predicted molar refractivity (Wildman–Crippen MR) is 91.5 cm³/mol. The van der Waals surface area contributed by atoms with Crippen LogP contribution in [0.15, 0.2) is 49.1 Å². The molecule has 0 saturated heterocycles. The average Bonchev–Trinajstić information content (AvgIpc) is 3.21. The molecule has 4 aromatic rings. The minimum atomic E-state index is -0.289. The molecule has 1 amide bonds. The highest BCUT2D eigenvalue weighted by atomic mass is 32.1. The van der Waals surface area contributed by atoms with E-state index in [1.165, 1.54) is 17.7 Å². The first-order valence-electron chi connectivity index (χ1n) is 7.20. The van der Waals surface area contributed by atoms with Crippen molar-refractivity contribution >= 4 is 33.3 Å². The molecule has 0 radical (unpaired) electrons. The van der Waals surface area contributed by atoms with E-state index in [9.17, 15) is 4.79 Å². The Balaban J connectivity index is 1.61. The second-order valence-electron chi connectivity index (χ2n) is 5.05. The molecule has 7 nitrogen and oxygen atoms in total. The predicted octanol–water partition coefficient (Wildman–Crippen LogP) is 2.83. The maximum atomic E-state index is 12.4. The Morgan fingerprint density at radius 1 is 1.21 bits per heavy atom. The topological polar surface area (TPSA) is 85.6 Å². The van der Waals surface area contributed by atoms with Crippen molar-refractivity contribution in [2.45, 2.75) is 6.92 Å². The van der Waals surface area contributed by atoms with Gasteiger partial charge in [-0.1, -0.05) is 12.1 Å². The number of hydrogen-bond donors (Lipinski definition) is 1. The van der Waals surface area contributed by atoms with E-state index in [1.54, 1.807) is 18.5 Å². The smallest absolute Gasteiger partial charge is 0.285 e. The minimum Gasteiger partial charge on any atom is -0.304 e. The summed E-state index contributed by atoms with van der Waals surface area (Å²) in [4.78, 5) is 29.2. The van der Waals surface area contributed by atoms with Gasteiger partial charge in [0.05, 0.1) is 10.2 Å². The molecule has 0 aliphatic carbocycles. The highest BCUT2D eigenvalue weighted by Gasteiger charge is 2.13. The lowest BCUT2D eigenvalue weighted by atomic mass is 10.3. The molecule has 0 bridgehead atoms. The van der Waals surface area contributed by atoms with Gasteiger partial charge in [-0.3, -0.25) is 9.36 Å². The van der Waals surface area contributed by atoms with Crippen molar-refractivity contribution in [1.29, 1.82) is 0 Å². The van der Waals surface area contributed by atoms with E-state index in [1.807, 2.05) is 35.8 Å². The Hall–Kier alpha value is -3.13. The Kier molecular flexibility index (Phi) is 3.51. The van der Waals surface area contributed by atoms with Crippen LogP contribution in [0.1, 0.15) is 15.6 Å². The van der Waals surface area contributed by atoms with Gasteiger partial charge >= 0.3 is 0 Å². The third-order valence-corrected chi connectivity index (χ3v) is 4.49. The lowest BCUT2D eigenvalue weighted by molar-refractivity contribution is 0.102. The molecule has 24 heavy (non-hydrogen) atoms. The fraction of sp³-hybridized carbons (Fsp3) is 0.0625. The first kappa shape index (κ1) is 14.5. The van der Waals surface area contributed by atoms with Crippen molar-refractivity contribution in [2.75, 3.05) is 5.32 Å². The van der Waals surface area contributed by atoms with Crippen LogP contribution in [0, 0.1) is 6.92 Å². The van der Waals surface area contributed by atoms with Gasteiger partial charge in [0.25, 0.3) is 5.91 Å². The summed E-state index contributed by atoms with van der Waals surface area (Å²) in [5.74, 6) is 1.57. The maximum absolute atomic E-state index is 12.4. The number of imidazole rings is 1. The lowest BCUT2D eigenvalue weighted by Gasteiger charge is -2.06. The summed E-state index contributed by atoms with van der Waals surface area (Å²) >= 11 is 1.35. The van der Waals surface area contributed by atoms with Crippen molar-refractivity contribution < 1.29 is 4.79 Å². The molecule has 0 spiro atoms. The van der Waals surface area contributed by atoms with Gasteiger partial charge in [0.15, 0.2) is 5.01 Å². The number of amides is 1. The molecule has 1 N–H and O–H groups in total. The van der Waals surface area contributed by atoms with Gasteiger partial charge in [0.2, 0.25) is 0 Å². The average molecular weight is 336 g/mol. The Bertz CT molecular complexity index is 1000. The van der Waals surface area contributed by atoms with Crippen LogP contribution in [-0.4, -0.2) is 30.4 Å². The van der Waals surface area contributed by atoms with E-state index in [-0.39, 0.29) is 5.91 Å². The molecule has 0 saturated carbocycles. The highest BCUT2D eigenvalue weighted by molar-refractivity contribution is 7.20. The lowest BCUT2D eigenvalue weighted by Crippen LogP contribution is -2.13. The molecule has 4 rings (SSSR count). The number of nitrogens with zero attached hydrogens (tertiary/aromatic N) is 5. The molecule has 0 unspecified atom stereocenters. The van der Waals surface area contributed by atoms with Gasteiger partial charge in [-0.2, -0.15) is 0 Å². The van der Waals surface area contributed by atoms with Crippen LogP contribution in [0.4, 0.5) is 5.82 Å². The molecular formula is C16H12N6OS. The number of carbonyl (C=O) groups is 1. The quantitative estimate of drug-likeness (QED) is 0.622. The number of aryl methyl sites for hydroxylation is 1. The van der Waals surface area contributed by atoms with E-state index in [2.05, 4.69) is 25.3 Å². The number of aromatic nitrogens is 5. The largest absolute Gasteiger partial charge is 0.304 e. The Morgan fingerprint density at radius 3 is 2.88 bits per heavy atom. The van der Waals surface area contributed by atoms with Crippen LogP contribution in [-0.2, 0) is 0 Å². The Morgan fingerprint density at radius 2 is 2.08 bits per heavy atom. The van der Waals surface area contributed by atoms with Gasteiger partial charge in [0.1, 0.15) is 23.8 Å². The summed E-state index contributed by atoms with van der Waals surface area (Å²) in [6.45, 7) is 1.88.